The largest absolute Gasteiger partial charge is 0.233 e. The quantitative estimate of drug-likeness (QED) is 0.397. The van der Waals surface area contributed by atoms with Crippen molar-refractivity contribution in [3.8, 4) is 32.5 Å². The van der Waals surface area contributed by atoms with Crippen molar-refractivity contribution in [2.75, 3.05) is 0 Å². The highest BCUT2D eigenvalue weighted by molar-refractivity contribution is 7.18. The molecule has 2 heterocycles. The Bertz CT molecular complexity index is 1010. The van der Waals surface area contributed by atoms with Gasteiger partial charge in [-0.3, -0.25) is 0 Å². The Kier molecular flexibility index (Phi) is 6.04. The fourth-order valence-corrected chi connectivity index (χ4v) is 4.62. The molecule has 0 aliphatic rings. The number of rotatable bonds is 7. The van der Waals surface area contributed by atoms with Gasteiger partial charge in [-0.1, -0.05) is 76.2 Å². The van der Waals surface area contributed by atoms with Crippen LogP contribution in [0.1, 0.15) is 38.8 Å². The zero-order valence-electron chi connectivity index (χ0n) is 17.9. The number of benzene rings is 2. The molecule has 30 heavy (non-hydrogen) atoms. The lowest BCUT2D eigenvalue weighted by atomic mass is 9.99. The molecule has 5 nitrogen and oxygen atoms in total. The van der Waals surface area contributed by atoms with Crippen LogP contribution in [0.15, 0.2) is 48.5 Å². The van der Waals surface area contributed by atoms with Gasteiger partial charge in [-0.2, -0.15) is 5.21 Å². The Morgan fingerprint density at radius 1 is 0.800 bits per heavy atom. The van der Waals surface area contributed by atoms with Crippen molar-refractivity contribution in [1.82, 2.24) is 25.6 Å². The summed E-state index contributed by atoms with van der Waals surface area (Å²) in [6.07, 6.45) is 2.16. The standard InChI is InChI=1S/C24H27N5S/c1-15(2)13-17-5-9-19(10-6-17)21-22(30-24(25-21)23-26-28-29-27-23)20-11-7-18(8-12-20)14-16(3)4/h5-12,15-16H,13-14H2,1-4H3,(H,26,27,28,29). The van der Waals surface area contributed by atoms with E-state index in [-0.39, 0.29) is 0 Å². The van der Waals surface area contributed by atoms with E-state index in [2.05, 4.69) is 96.9 Å². The van der Waals surface area contributed by atoms with Crippen molar-refractivity contribution in [3.05, 3.63) is 59.7 Å². The third-order valence-corrected chi connectivity index (χ3v) is 6.00. The summed E-state index contributed by atoms with van der Waals surface area (Å²) in [6, 6.07) is 17.6. The van der Waals surface area contributed by atoms with E-state index < -0.39 is 0 Å². The molecular weight excluding hydrogens is 390 g/mol. The van der Waals surface area contributed by atoms with Crippen LogP contribution in [0.3, 0.4) is 0 Å². The molecule has 4 aromatic rings. The summed E-state index contributed by atoms with van der Waals surface area (Å²) in [7, 11) is 0. The third kappa shape index (κ3) is 4.65. The minimum absolute atomic E-state index is 0.528. The second-order valence-corrected chi connectivity index (χ2v) is 9.52. The Morgan fingerprint density at radius 2 is 1.37 bits per heavy atom. The molecule has 0 fully saturated rings. The molecule has 154 valence electrons. The van der Waals surface area contributed by atoms with Crippen molar-refractivity contribution >= 4 is 11.3 Å². The zero-order chi connectivity index (χ0) is 21.1. The van der Waals surface area contributed by atoms with E-state index >= 15 is 0 Å². The van der Waals surface area contributed by atoms with Crippen LogP contribution in [0.4, 0.5) is 0 Å². The van der Waals surface area contributed by atoms with Gasteiger partial charge in [0.15, 0.2) is 5.01 Å². The molecule has 0 aliphatic heterocycles. The van der Waals surface area contributed by atoms with Crippen molar-refractivity contribution in [1.29, 1.82) is 0 Å². The van der Waals surface area contributed by atoms with E-state index in [9.17, 15) is 0 Å². The molecule has 2 aromatic carbocycles. The maximum atomic E-state index is 4.89. The van der Waals surface area contributed by atoms with Crippen LogP contribution in [-0.4, -0.2) is 25.6 Å². The van der Waals surface area contributed by atoms with Gasteiger partial charge in [0.05, 0.1) is 10.6 Å². The van der Waals surface area contributed by atoms with Gasteiger partial charge in [0.1, 0.15) is 0 Å². The SMILES string of the molecule is CC(C)Cc1ccc(-c2nc(-c3nn[nH]n3)sc2-c2ccc(CC(C)C)cc2)cc1. The summed E-state index contributed by atoms with van der Waals surface area (Å²) < 4.78 is 0. The lowest BCUT2D eigenvalue weighted by molar-refractivity contribution is 0.647. The van der Waals surface area contributed by atoms with Crippen LogP contribution in [0, 0.1) is 11.8 Å². The van der Waals surface area contributed by atoms with Crippen LogP contribution in [0.5, 0.6) is 0 Å². The summed E-state index contributed by atoms with van der Waals surface area (Å²) in [6.45, 7) is 8.98. The molecule has 0 amide bonds. The van der Waals surface area contributed by atoms with Gasteiger partial charge < -0.3 is 0 Å². The van der Waals surface area contributed by atoms with Gasteiger partial charge >= 0.3 is 0 Å². The van der Waals surface area contributed by atoms with Gasteiger partial charge in [-0.15, -0.1) is 21.5 Å². The van der Waals surface area contributed by atoms with E-state index in [1.54, 1.807) is 11.3 Å². The van der Waals surface area contributed by atoms with E-state index in [1.165, 1.54) is 11.1 Å². The minimum atomic E-state index is 0.528. The topological polar surface area (TPSA) is 67.3 Å². The van der Waals surface area contributed by atoms with Gasteiger partial charge in [0.2, 0.25) is 5.82 Å². The maximum Gasteiger partial charge on any atom is 0.233 e. The van der Waals surface area contributed by atoms with Crippen molar-refractivity contribution in [2.24, 2.45) is 11.8 Å². The molecule has 0 spiro atoms. The second kappa shape index (κ2) is 8.88. The Labute approximate surface area is 181 Å². The van der Waals surface area contributed by atoms with Crippen LogP contribution < -0.4 is 0 Å². The summed E-state index contributed by atoms with van der Waals surface area (Å²) >= 11 is 1.60. The molecule has 0 unspecified atom stereocenters. The van der Waals surface area contributed by atoms with E-state index in [1.807, 2.05) is 0 Å². The average molecular weight is 418 g/mol. The first kappa shape index (κ1) is 20.4. The molecule has 4 rings (SSSR count). The predicted molar refractivity (Wildman–Crippen MR) is 123 cm³/mol. The van der Waals surface area contributed by atoms with Gasteiger partial charge in [-0.05, 0) is 46.6 Å². The smallest absolute Gasteiger partial charge is 0.232 e. The molecule has 1 N–H and O–H groups in total. The molecule has 0 saturated heterocycles. The minimum Gasteiger partial charge on any atom is -0.232 e. The van der Waals surface area contributed by atoms with Crippen LogP contribution in [0.25, 0.3) is 32.5 Å². The van der Waals surface area contributed by atoms with E-state index in [4.69, 9.17) is 4.98 Å². The number of tetrazole rings is 1. The maximum absolute atomic E-state index is 4.89. The van der Waals surface area contributed by atoms with Crippen LogP contribution >= 0.6 is 11.3 Å². The molecule has 0 radical (unpaired) electrons. The van der Waals surface area contributed by atoms with Crippen molar-refractivity contribution in [3.63, 3.8) is 0 Å². The Hall–Kier alpha value is -2.86. The molecule has 0 aliphatic carbocycles. The Balaban J connectivity index is 1.73. The number of thiazole rings is 1. The molecular formula is C24H27N5S. The lowest BCUT2D eigenvalue weighted by Gasteiger charge is -2.08. The van der Waals surface area contributed by atoms with Gasteiger partial charge in [0, 0.05) is 5.56 Å². The first-order valence-corrected chi connectivity index (χ1v) is 11.2. The van der Waals surface area contributed by atoms with Gasteiger partial charge in [-0.25, -0.2) is 4.98 Å². The number of nitrogens with one attached hydrogen (secondary N) is 1. The second-order valence-electron chi connectivity index (χ2n) is 8.52. The fourth-order valence-electron chi connectivity index (χ4n) is 3.59. The molecule has 0 bridgehead atoms. The average Bonchev–Trinajstić information content (AvgIpc) is 3.38. The third-order valence-electron chi connectivity index (χ3n) is 4.90. The summed E-state index contributed by atoms with van der Waals surface area (Å²) in [5.74, 6) is 1.81. The zero-order valence-corrected chi connectivity index (χ0v) is 18.7. The summed E-state index contributed by atoms with van der Waals surface area (Å²) in [4.78, 5) is 6.02. The van der Waals surface area contributed by atoms with Crippen LogP contribution in [0.2, 0.25) is 0 Å². The number of hydrogen-bond donors (Lipinski definition) is 1. The number of aromatic nitrogens is 5. The molecule has 2 aromatic heterocycles. The predicted octanol–water partition coefficient (Wildman–Crippen LogP) is 6.05. The first-order valence-electron chi connectivity index (χ1n) is 10.4. The molecule has 6 heteroatoms. The normalized spacial score (nSPS) is 11.5. The first-order chi connectivity index (χ1) is 14.5. The molecule has 0 atom stereocenters. The van der Waals surface area contributed by atoms with E-state index in [0.29, 0.717) is 17.7 Å². The highest BCUT2D eigenvalue weighted by atomic mass is 32.1. The monoisotopic (exact) mass is 417 g/mol. The number of hydrogen-bond acceptors (Lipinski definition) is 5. The van der Waals surface area contributed by atoms with E-state index in [0.717, 1.165) is 39.5 Å². The van der Waals surface area contributed by atoms with Crippen molar-refractivity contribution < 1.29 is 0 Å². The summed E-state index contributed by atoms with van der Waals surface area (Å²) in [5.41, 5.74) is 5.94. The number of nitrogens with zero attached hydrogens (tertiary/aromatic N) is 4. The van der Waals surface area contributed by atoms with Crippen molar-refractivity contribution in [2.45, 2.75) is 40.5 Å². The number of aromatic amines is 1. The molecule has 0 saturated carbocycles. The highest BCUT2D eigenvalue weighted by Crippen LogP contribution is 2.39. The number of H-pyrrole nitrogens is 1. The highest BCUT2D eigenvalue weighted by Gasteiger charge is 2.18. The van der Waals surface area contributed by atoms with Gasteiger partial charge in [0.25, 0.3) is 0 Å². The Morgan fingerprint density at radius 3 is 1.87 bits per heavy atom. The fraction of sp³-hybridized carbons (Fsp3) is 0.333. The summed E-state index contributed by atoms with van der Waals surface area (Å²) in [5, 5.41) is 15.2. The van der Waals surface area contributed by atoms with Crippen LogP contribution in [-0.2, 0) is 12.8 Å². The lowest BCUT2D eigenvalue weighted by Crippen LogP contribution is -1.94.